The molecule has 30 heavy (non-hydrogen) atoms. The number of H-pyrrole nitrogens is 1. The van der Waals surface area contributed by atoms with Gasteiger partial charge >= 0.3 is 0 Å². The number of likely N-dealkylation sites (tertiary alicyclic amines) is 1. The van der Waals surface area contributed by atoms with Crippen molar-refractivity contribution < 1.29 is 4.79 Å². The Morgan fingerprint density at radius 1 is 1.30 bits per heavy atom. The third kappa shape index (κ3) is 4.43. The largest absolute Gasteiger partial charge is 0.348 e. The molecule has 1 amide bonds. The number of hydrogen-bond acceptors (Lipinski definition) is 5. The van der Waals surface area contributed by atoms with Gasteiger partial charge in [0.05, 0.1) is 5.75 Å². The van der Waals surface area contributed by atoms with Gasteiger partial charge in [0, 0.05) is 43.0 Å². The third-order valence-corrected chi connectivity index (χ3v) is 6.66. The lowest BCUT2D eigenvalue weighted by molar-refractivity contribution is -0.129. The minimum Gasteiger partial charge on any atom is -0.348 e. The SMILES string of the molecule is CCC(C)n1c(SCC(=O)N2CCCC(c3ncc[nH]3)C2)nnc1-c1ccccc1. The second-order valence-electron chi connectivity index (χ2n) is 7.74. The highest BCUT2D eigenvalue weighted by atomic mass is 32.2. The predicted octanol–water partition coefficient (Wildman–Crippen LogP) is 4.14. The van der Waals surface area contributed by atoms with E-state index in [0.29, 0.717) is 5.75 Å². The third-order valence-electron chi connectivity index (χ3n) is 5.73. The summed E-state index contributed by atoms with van der Waals surface area (Å²) in [7, 11) is 0. The number of amides is 1. The molecule has 0 radical (unpaired) electrons. The average Bonchev–Trinajstić information content (AvgIpc) is 3.48. The predicted molar refractivity (Wildman–Crippen MR) is 118 cm³/mol. The lowest BCUT2D eigenvalue weighted by Gasteiger charge is -2.31. The zero-order valence-electron chi connectivity index (χ0n) is 17.5. The van der Waals surface area contributed by atoms with Gasteiger partial charge in [-0.05, 0) is 26.2 Å². The summed E-state index contributed by atoms with van der Waals surface area (Å²) >= 11 is 1.48. The van der Waals surface area contributed by atoms with Gasteiger partial charge in [-0.3, -0.25) is 9.36 Å². The minimum atomic E-state index is 0.149. The molecule has 1 saturated heterocycles. The van der Waals surface area contributed by atoms with Crippen molar-refractivity contribution in [3.8, 4) is 11.4 Å². The van der Waals surface area contributed by atoms with Crippen LogP contribution in [0.5, 0.6) is 0 Å². The van der Waals surface area contributed by atoms with Gasteiger partial charge in [-0.25, -0.2) is 4.98 Å². The van der Waals surface area contributed by atoms with Crippen LogP contribution in [-0.2, 0) is 4.79 Å². The molecule has 0 saturated carbocycles. The van der Waals surface area contributed by atoms with Crippen LogP contribution in [-0.4, -0.2) is 54.4 Å². The summed E-state index contributed by atoms with van der Waals surface area (Å²) in [6.07, 6.45) is 6.66. The number of nitrogens with zero attached hydrogens (tertiary/aromatic N) is 5. The van der Waals surface area contributed by atoms with Crippen LogP contribution in [0.3, 0.4) is 0 Å². The molecule has 1 aliphatic heterocycles. The van der Waals surface area contributed by atoms with Crippen molar-refractivity contribution in [1.29, 1.82) is 0 Å². The van der Waals surface area contributed by atoms with Crippen LogP contribution in [0, 0.1) is 0 Å². The normalized spacial score (nSPS) is 17.8. The van der Waals surface area contributed by atoms with Gasteiger partial charge in [0.2, 0.25) is 5.91 Å². The van der Waals surface area contributed by atoms with Crippen LogP contribution in [0.1, 0.15) is 50.9 Å². The molecule has 8 heteroatoms. The van der Waals surface area contributed by atoms with Crippen molar-refractivity contribution in [2.75, 3.05) is 18.8 Å². The highest BCUT2D eigenvalue weighted by molar-refractivity contribution is 7.99. The standard InChI is InChI=1S/C22H28N6OS/c1-3-16(2)28-21(17-8-5-4-6-9-17)25-26-22(28)30-15-19(29)27-13-7-10-18(14-27)20-23-11-12-24-20/h4-6,8-9,11-12,16,18H,3,7,10,13-15H2,1-2H3,(H,23,24). The Labute approximate surface area is 181 Å². The molecule has 0 spiro atoms. The Hall–Kier alpha value is -2.61. The van der Waals surface area contributed by atoms with Gasteiger partial charge in [0.1, 0.15) is 5.82 Å². The van der Waals surface area contributed by atoms with E-state index in [-0.39, 0.29) is 17.9 Å². The number of rotatable bonds is 7. The molecule has 3 heterocycles. The van der Waals surface area contributed by atoms with E-state index in [0.717, 1.165) is 54.7 Å². The number of benzene rings is 1. The molecule has 1 aliphatic rings. The first-order chi connectivity index (χ1) is 14.7. The molecule has 4 rings (SSSR count). The molecule has 0 aliphatic carbocycles. The van der Waals surface area contributed by atoms with E-state index in [2.05, 4.69) is 38.6 Å². The van der Waals surface area contributed by atoms with Gasteiger partial charge < -0.3 is 9.88 Å². The van der Waals surface area contributed by atoms with E-state index in [1.54, 1.807) is 6.20 Å². The van der Waals surface area contributed by atoms with E-state index in [1.165, 1.54) is 11.8 Å². The topological polar surface area (TPSA) is 79.7 Å². The summed E-state index contributed by atoms with van der Waals surface area (Å²) < 4.78 is 2.16. The summed E-state index contributed by atoms with van der Waals surface area (Å²) in [5.41, 5.74) is 1.04. The number of aromatic nitrogens is 5. The van der Waals surface area contributed by atoms with E-state index >= 15 is 0 Å². The number of piperidine rings is 1. The van der Waals surface area contributed by atoms with Crippen LogP contribution in [0.4, 0.5) is 0 Å². The molecule has 1 aromatic carbocycles. The van der Waals surface area contributed by atoms with Gasteiger partial charge in [-0.15, -0.1) is 10.2 Å². The first-order valence-corrected chi connectivity index (χ1v) is 11.6. The van der Waals surface area contributed by atoms with Gasteiger partial charge in [0.15, 0.2) is 11.0 Å². The maximum Gasteiger partial charge on any atom is 0.233 e. The Morgan fingerprint density at radius 3 is 2.87 bits per heavy atom. The van der Waals surface area contributed by atoms with Crippen molar-refractivity contribution in [3.05, 3.63) is 48.5 Å². The van der Waals surface area contributed by atoms with Gasteiger partial charge in [-0.1, -0.05) is 49.0 Å². The van der Waals surface area contributed by atoms with Gasteiger partial charge in [-0.2, -0.15) is 0 Å². The molecule has 158 valence electrons. The van der Waals surface area contributed by atoms with Crippen LogP contribution in [0.25, 0.3) is 11.4 Å². The van der Waals surface area contributed by atoms with Gasteiger partial charge in [0.25, 0.3) is 0 Å². The molecule has 1 N–H and O–H groups in total. The molecule has 2 atom stereocenters. The first kappa shape index (κ1) is 20.7. The molecule has 3 aromatic rings. The Bertz CT molecular complexity index is 955. The van der Waals surface area contributed by atoms with E-state index < -0.39 is 0 Å². The minimum absolute atomic E-state index is 0.149. The van der Waals surface area contributed by atoms with Crippen molar-refractivity contribution >= 4 is 17.7 Å². The Morgan fingerprint density at radius 2 is 2.13 bits per heavy atom. The second-order valence-corrected chi connectivity index (χ2v) is 8.68. The fraction of sp³-hybridized carbons (Fsp3) is 0.455. The quantitative estimate of drug-likeness (QED) is 0.577. The first-order valence-electron chi connectivity index (χ1n) is 10.6. The van der Waals surface area contributed by atoms with Crippen molar-refractivity contribution in [3.63, 3.8) is 0 Å². The molecule has 0 bridgehead atoms. The highest BCUT2D eigenvalue weighted by Gasteiger charge is 2.27. The van der Waals surface area contributed by atoms with Crippen molar-refractivity contribution in [2.45, 2.75) is 50.2 Å². The summed E-state index contributed by atoms with van der Waals surface area (Å²) in [5, 5.41) is 9.67. The highest BCUT2D eigenvalue weighted by Crippen LogP contribution is 2.30. The fourth-order valence-corrected chi connectivity index (χ4v) is 4.82. The van der Waals surface area contributed by atoms with Crippen molar-refractivity contribution in [1.82, 2.24) is 29.6 Å². The maximum absolute atomic E-state index is 12.9. The van der Waals surface area contributed by atoms with Crippen LogP contribution >= 0.6 is 11.8 Å². The fourth-order valence-electron chi connectivity index (χ4n) is 3.88. The number of aromatic amines is 1. The molecular formula is C22H28N6OS. The van der Waals surface area contributed by atoms with Crippen molar-refractivity contribution in [2.24, 2.45) is 0 Å². The Balaban J connectivity index is 1.45. The summed E-state index contributed by atoms with van der Waals surface area (Å²) in [6, 6.07) is 10.4. The maximum atomic E-state index is 12.9. The van der Waals surface area contributed by atoms with E-state index in [1.807, 2.05) is 41.4 Å². The van der Waals surface area contributed by atoms with Crippen LogP contribution in [0.2, 0.25) is 0 Å². The molecule has 7 nitrogen and oxygen atoms in total. The Kier molecular flexibility index (Phi) is 6.52. The van der Waals surface area contributed by atoms with E-state index in [4.69, 9.17) is 0 Å². The summed E-state index contributed by atoms with van der Waals surface area (Å²) in [6.45, 7) is 5.85. The zero-order valence-corrected chi connectivity index (χ0v) is 18.3. The summed E-state index contributed by atoms with van der Waals surface area (Å²) in [5.74, 6) is 2.64. The smallest absolute Gasteiger partial charge is 0.233 e. The molecular weight excluding hydrogens is 396 g/mol. The number of carbonyl (C=O) groups excluding carboxylic acids is 1. The van der Waals surface area contributed by atoms with E-state index in [9.17, 15) is 4.79 Å². The lowest BCUT2D eigenvalue weighted by Crippen LogP contribution is -2.40. The number of carbonyl (C=O) groups is 1. The van der Waals surface area contributed by atoms with Crippen LogP contribution < -0.4 is 0 Å². The number of thioether (sulfide) groups is 1. The summed E-state index contributed by atoms with van der Waals surface area (Å²) in [4.78, 5) is 22.5. The second kappa shape index (κ2) is 9.47. The molecule has 1 fully saturated rings. The number of hydrogen-bond donors (Lipinski definition) is 1. The number of nitrogens with one attached hydrogen (secondary N) is 1. The molecule has 2 unspecified atom stereocenters. The number of imidazole rings is 1. The molecule has 2 aromatic heterocycles. The lowest BCUT2D eigenvalue weighted by atomic mass is 9.97. The monoisotopic (exact) mass is 424 g/mol. The average molecular weight is 425 g/mol. The van der Waals surface area contributed by atoms with Crippen LogP contribution in [0.15, 0.2) is 47.9 Å². The zero-order chi connectivity index (χ0) is 20.9.